The standard InChI is InChI=1S/C8H20NO2/c1-8(2)9(3,5-6-10)7-11-4/h8,10H,5-7H2,1-4H3/q+1. The number of likely N-dealkylation sites (N-methyl/N-ethyl adjacent to an activating group) is 1. The van der Waals surface area contributed by atoms with Crippen molar-refractivity contribution in [1.82, 2.24) is 0 Å². The molecular weight excluding hydrogens is 142 g/mol. The van der Waals surface area contributed by atoms with Crippen LogP contribution in [0.3, 0.4) is 0 Å². The summed E-state index contributed by atoms with van der Waals surface area (Å²) < 4.78 is 5.85. The Labute approximate surface area is 69.2 Å². The summed E-state index contributed by atoms with van der Waals surface area (Å²) in [5, 5.41) is 8.81. The molecule has 0 fully saturated rings. The van der Waals surface area contributed by atoms with Crippen molar-refractivity contribution in [2.24, 2.45) is 0 Å². The molecule has 0 aliphatic rings. The highest BCUT2D eigenvalue weighted by Crippen LogP contribution is 2.08. The molecule has 0 spiro atoms. The van der Waals surface area contributed by atoms with Gasteiger partial charge in [0.05, 0.1) is 19.7 Å². The summed E-state index contributed by atoms with van der Waals surface area (Å²) in [5.41, 5.74) is 0. The number of quaternary nitrogens is 1. The van der Waals surface area contributed by atoms with E-state index in [-0.39, 0.29) is 6.61 Å². The van der Waals surface area contributed by atoms with Crippen LogP contribution in [0.15, 0.2) is 0 Å². The van der Waals surface area contributed by atoms with E-state index in [2.05, 4.69) is 20.9 Å². The van der Waals surface area contributed by atoms with Crippen LogP contribution < -0.4 is 0 Å². The van der Waals surface area contributed by atoms with Gasteiger partial charge in [0.2, 0.25) is 0 Å². The molecule has 1 unspecified atom stereocenters. The summed E-state index contributed by atoms with van der Waals surface area (Å²) in [6, 6.07) is 0.488. The number of methoxy groups -OCH3 is 1. The summed E-state index contributed by atoms with van der Waals surface area (Å²) in [5.74, 6) is 0. The Morgan fingerprint density at radius 2 is 2.00 bits per heavy atom. The molecule has 68 valence electrons. The first-order valence-corrected chi connectivity index (χ1v) is 4.01. The molecule has 0 saturated heterocycles. The second-order valence-electron chi connectivity index (χ2n) is 3.44. The summed E-state index contributed by atoms with van der Waals surface area (Å²) >= 11 is 0. The number of hydrogen-bond acceptors (Lipinski definition) is 2. The molecule has 3 heteroatoms. The molecule has 1 atom stereocenters. The van der Waals surface area contributed by atoms with Gasteiger partial charge < -0.3 is 9.84 Å². The molecule has 1 N–H and O–H groups in total. The summed E-state index contributed by atoms with van der Waals surface area (Å²) in [4.78, 5) is 0. The van der Waals surface area contributed by atoms with Crippen LogP contribution in [0.4, 0.5) is 0 Å². The van der Waals surface area contributed by atoms with Crippen LogP contribution in [0.5, 0.6) is 0 Å². The van der Waals surface area contributed by atoms with E-state index in [4.69, 9.17) is 9.84 Å². The molecule has 0 aromatic heterocycles. The van der Waals surface area contributed by atoms with Crippen LogP contribution in [0, 0.1) is 0 Å². The lowest BCUT2D eigenvalue weighted by atomic mass is 10.3. The van der Waals surface area contributed by atoms with Gasteiger partial charge in [0.15, 0.2) is 6.73 Å². The minimum absolute atomic E-state index is 0.220. The molecular formula is C8H20NO2+. The average molecular weight is 162 g/mol. The van der Waals surface area contributed by atoms with Gasteiger partial charge in [-0.3, -0.25) is 4.48 Å². The van der Waals surface area contributed by atoms with Crippen molar-refractivity contribution in [3.05, 3.63) is 0 Å². The Kier molecular flexibility index (Phi) is 4.65. The minimum Gasteiger partial charge on any atom is -0.391 e. The van der Waals surface area contributed by atoms with Crippen molar-refractivity contribution in [2.45, 2.75) is 19.9 Å². The maximum atomic E-state index is 8.81. The second kappa shape index (κ2) is 4.70. The van der Waals surface area contributed by atoms with Gasteiger partial charge in [-0.25, -0.2) is 0 Å². The Morgan fingerprint density at radius 3 is 2.27 bits per heavy atom. The molecule has 0 aromatic rings. The molecule has 0 rings (SSSR count). The highest BCUT2D eigenvalue weighted by molar-refractivity contribution is 4.40. The second-order valence-corrected chi connectivity index (χ2v) is 3.44. The fourth-order valence-corrected chi connectivity index (χ4v) is 0.995. The normalized spacial score (nSPS) is 16.9. The SMILES string of the molecule is COC[N+](C)(CCO)C(C)C. The van der Waals surface area contributed by atoms with Crippen LogP contribution in [0.2, 0.25) is 0 Å². The quantitative estimate of drug-likeness (QED) is 0.469. The molecule has 0 aromatic carbocycles. The first-order chi connectivity index (χ1) is 5.06. The smallest absolute Gasteiger partial charge is 0.182 e. The van der Waals surface area contributed by atoms with Gasteiger partial charge in [0, 0.05) is 7.11 Å². The van der Waals surface area contributed by atoms with E-state index in [0.29, 0.717) is 12.8 Å². The third kappa shape index (κ3) is 3.18. The predicted molar refractivity (Wildman–Crippen MR) is 45.1 cm³/mol. The maximum absolute atomic E-state index is 8.81. The lowest BCUT2D eigenvalue weighted by Gasteiger charge is -2.36. The zero-order valence-corrected chi connectivity index (χ0v) is 8.00. The number of rotatable bonds is 5. The van der Waals surface area contributed by atoms with Crippen LogP contribution >= 0.6 is 0 Å². The van der Waals surface area contributed by atoms with E-state index in [9.17, 15) is 0 Å². The van der Waals surface area contributed by atoms with Crippen LogP contribution in [0.1, 0.15) is 13.8 Å². The highest BCUT2D eigenvalue weighted by atomic mass is 16.5. The Bertz CT molecular complexity index is 98.3. The molecule has 0 amide bonds. The topological polar surface area (TPSA) is 29.5 Å². The molecule has 0 radical (unpaired) electrons. The zero-order chi connectivity index (χ0) is 8.91. The number of aliphatic hydroxyl groups excluding tert-OH is 1. The third-order valence-corrected chi connectivity index (χ3v) is 2.28. The molecule has 0 bridgehead atoms. The molecule has 0 aliphatic carbocycles. The molecule has 0 saturated carbocycles. The maximum Gasteiger partial charge on any atom is 0.182 e. The van der Waals surface area contributed by atoms with Gasteiger partial charge in [-0.05, 0) is 13.8 Å². The lowest BCUT2D eigenvalue weighted by Crippen LogP contribution is -2.52. The number of nitrogens with zero attached hydrogens (tertiary/aromatic N) is 1. The van der Waals surface area contributed by atoms with E-state index in [1.807, 2.05) is 0 Å². The van der Waals surface area contributed by atoms with Crippen LogP contribution in [0.25, 0.3) is 0 Å². The van der Waals surface area contributed by atoms with Gasteiger partial charge >= 0.3 is 0 Å². The van der Waals surface area contributed by atoms with Crippen molar-refractivity contribution in [3.8, 4) is 0 Å². The lowest BCUT2D eigenvalue weighted by molar-refractivity contribution is -0.947. The van der Waals surface area contributed by atoms with E-state index in [1.165, 1.54) is 0 Å². The van der Waals surface area contributed by atoms with Crippen molar-refractivity contribution >= 4 is 0 Å². The van der Waals surface area contributed by atoms with Crippen LogP contribution in [-0.4, -0.2) is 49.7 Å². The van der Waals surface area contributed by atoms with Crippen molar-refractivity contribution in [3.63, 3.8) is 0 Å². The van der Waals surface area contributed by atoms with Gasteiger partial charge in [-0.15, -0.1) is 0 Å². The largest absolute Gasteiger partial charge is 0.391 e. The van der Waals surface area contributed by atoms with E-state index < -0.39 is 0 Å². The summed E-state index contributed by atoms with van der Waals surface area (Å²) in [6.07, 6.45) is 0. The zero-order valence-electron chi connectivity index (χ0n) is 8.00. The highest BCUT2D eigenvalue weighted by Gasteiger charge is 2.24. The van der Waals surface area contributed by atoms with Gasteiger partial charge in [-0.2, -0.15) is 0 Å². The fourth-order valence-electron chi connectivity index (χ4n) is 0.995. The van der Waals surface area contributed by atoms with Crippen molar-refractivity contribution in [1.29, 1.82) is 0 Å². The van der Waals surface area contributed by atoms with Gasteiger partial charge in [0.25, 0.3) is 0 Å². The first kappa shape index (κ1) is 10.9. The Morgan fingerprint density at radius 1 is 1.45 bits per heavy atom. The van der Waals surface area contributed by atoms with Gasteiger partial charge in [-0.1, -0.05) is 0 Å². The van der Waals surface area contributed by atoms with E-state index in [0.717, 1.165) is 11.0 Å². The van der Waals surface area contributed by atoms with Crippen LogP contribution in [-0.2, 0) is 4.74 Å². The monoisotopic (exact) mass is 162 g/mol. The Balaban J connectivity index is 4.01. The van der Waals surface area contributed by atoms with E-state index in [1.54, 1.807) is 7.11 Å². The number of aliphatic hydroxyl groups is 1. The molecule has 0 aliphatic heterocycles. The molecule has 0 heterocycles. The van der Waals surface area contributed by atoms with Crippen molar-refractivity contribution < 1.29 is 14.3 Å². The number of ether oxygens (including phenoxy) is 1. The summed E-state index contributed by atoms with van der Waals surface area (Å²) in [6.45, 7) is 5.91. The average Bonchev–Trinajstić information content (AvgIpc) is 1.88. The van der Waals surface area contributed by atoms with E-state index >= 15 is 0 Å². The van der Waals surface area contributed by atoms with Crippen molar-refractivity contribution in [2.75, 3.05) is 34.0 Å². The predicted octanol–water partition coefficient (Wildman–Crippen LogP) is 0.438. The first-order valence-electron chi connectivity index (χ1n) is 4.01. The number of hydrogen-bond donors (Lipinski definition) is 1. The van der Waals surface area contributed by atoms with Gasteiger partial charge in [0.1, 0.15) is 6.54 Å². The summed E-state index contributed by atoms with van der Waals surface area (Å²) in [7, 11) is 3.78. The third-order valence-electron chi connectivity index (χ3n) is 2.28. The molecule has 3 nitrogen and oxygen atoms in total. The Hall–Kier alpha value is -0.120. The molecule has 11 heavy (non-hydrogen) atoms. The fraction of sp³-hybridized carbons (Fsp3) is 1.00. The minimum atomic E-state index is 0.220.